The van der Waals surface area contributed by atoms with E-state index in [9.17, 15) is 9.59 Å². The van der Waals surface area contributed by atoms with Crippen LogP contribution in [0.25, 0.3) is 6.08 Å². The van der Waals surface area contributed by atoms with Crippen molar-refractivity contribution in [2.45, 2.75) is 59.5 Å². The molecule has 8 heteroatoms. The minimum atomic E-state index is -0.587. The standard InChI is InChI=1S/C26H31Cl2N3O3/c1-17-20(24(28)31(29-17)13-18-7-5-6-8-21(18)27)9-10-23(33)34-14-22(32)30-16-26(4)12-19(30)11-25(2,3)15-26/h5-10,19H,11-16H2,1-4H3/b10-9+/t19-,26-/m1/s1. The maximum Gasteiger partial charge on any atom is 0.331 e. The van der Waals surface area contributed by atoms with Crippen molar-refractivity contribution < 1.29 is 14.3 Å². The van der Waals surface area contributed by atoms with Gasteiger partial charge in [-0.2, -0.15) is 5.10 Å². The molecular weight excluding hydrogens is 473 g/mol. The van der Waals surface area contributed by atoms with Crippen molar-refractivity contribution in [3.05, 3.63) is 57.3 Å². The van der Waals surface area contributed by atoms with E-state index in [1.165, 1.54) is 6.08 Å². The molecule has 2 atom stereocenters. The van der Waals surface area contributed by atoms with Crippen molar-refractivity contribution in [2.75, 3.05) is 13.2 Å². The van der Waals surface area contributed by atoms with Crippen LogP contribution in [0, 0.1) is 17.8 Å². The number of likely N-dealkylation sites (tertiary alicyclic amines) is 1. The second-order valence-electron chi connectivity index (χ2n) is 10.7. The second kappa shape index (κ2) is 9.38. The van der Waals surface area contributed by atoms with Gasteiger partial charge in [-0.1, -0.05) is 62.2 Å². The first-order valence-electron chi connectivity index (χ1n) is 11.6. The van der Waals surface area contributed by atoms with Crippen molar-refractivity contribution in [3.63, 3.8) is 0 Å². The van der Waals surface area contributed by atoms with E-state index in [2.05, 4.69) is 25.9 Å². The van der Waals surface area contributed by atoms with Crippen LogP contribution in [-0.4, -0.2) is 45.8 Å². The largest absolute Gasteiger partial charge is 0.452 e. The predicted octanol–water partition coefficient (Wildman–Crippen LogP) is 5.53. The maximum atomic E-state index is 12.8. The average molecular weight is 504 g/mol. The molecule has 2 heterocycles. The Kier molecular flexibility index (Phi) is 6.85. The monoisotopic (exact) mass is 503 g/mol. The van der Waals surface area contributed by atoms with Gasteiger partial charge < -0.3 is 9.64 Å². The number of carbonyl (C=O) groups is 2. The second-order valence-corrected chi connectivity index (χ2v) is 11.5. The van der Waals surface area contributed by atoms with E-state index in [-0.39, 0.29) is 29.4 Å². The van der Waals surface area contributed by atoms with E-state index in [0.29, 0.717) is 28.0 Å². The lowest BCUT2D eigenvalue weighted by Gasteiger charge is -2.39. The lowest BCUT2D eigenvalue weighted by Crippen LogP contribution is -2.39. The van der Waals surface area contributed by atoms with E-state index in [1.54, 1.807) is 10.8 Å². The van der Waals surface area contributed by atoms with E-state index in [0.717, 1.165) is 31.4 Å². The van der Waals surface area contributed by atoms with Gasteiger partial charge in [-0.15, -0.1) is 0 Å². The number of aryl methyl sites for hydroxylation is 1. The molecule has 4 rings (SSSR count). The number of aromatic nitrogens is 2. The summed E-state index contributed by atoms with van der Waals surface area (Å²) in [5, 5.41) is 5.50. The summed E-state index contributed by atoms with van der Waals surface area (Å²) in [5.74, 6) is -0.716. The third kappa shape index (κ3) is 5.33. The number of halogens is 2. The summed E-state index contributed by atoms with van der Waals surface area (Å²) in [6, 6.07) is 7.72. The number of esters is 1. The Morgan fingerprint density at radius 1 is 1.21 bits per heavy atom. The van der Waals surface area contributed by atoms with Crippen LogP contribution < -0.4 is 0 Å². The summed E-state index contributed by atoms with van der Waals surface area (Å²) >= 11 is 12.8. The highest BCUT2D eigenvalue weighted by molar-refractivity contribution is 6.32. The molecule has 1 aliphatic heterocycles. The van der Waals surface area contributed by atoms with Crippen LogP contribution in [0.5, 0.6) is 0 Å². The van der Waals surface area contributed by atoms with Gasteiger partial charge in [0.2, 0.25) is 0 Å². The first-order chi connectivity index (χ1) is 16.0. The highest BCUT2D eigenvalue weighted by atomic mass is 35.5. The Morgan fingerprint density at radius 2 is 1.94 bits per heavy atom. The molecule has 2 aromatic rings. The lowest BCUT2D eigenvalue weighted by atomic mass is 9.65. The number of fused-ring (bicyclic) bond motifs is 2. The molecule has 0 spiro atoms. The summed E-state index contributed by atoms with van der Waals surface area (Å²) in [4.78, 5) is 27.0. The molecule has 1 amide bonds. The molecule has 2 aliphatic rings. The minimum Gasteiger partial charge on any atom is -0.452 e. The summed E-state index contributed by atoms with van der Waals surface area (Å²) in [7, 11) is 0. The van der Waals surface area contributed by atoms with Gasteiger partial charge in [-0.05, 0) is 54.7 Å². The third-order valence-corrected chi connectivity index (χ3v) is 7.61. The van der Waals surface area contributed by atoms with Crippen molar-refractivity contribution in [3.8, 4) is 0 Å². The number of nitrogens with zero attached hydrogens (tertiary/aromatic N) is 3. The molecule has 1 saturated heterocycles. The number of hydrogen-bond acceptors (Lipinski definition) is 4. The van der Waals surface area contributed by atoms with Crippen molar-refractivity contribution in [2.24, 2.45) is 10.8 Å². The summed E-state index contributed by atoms with van der Waals surface area (Å²) in [6.45, 7) is 9.48. The molecule has 1 aromatic carbocycles. The van der Waals surface area contributed by atoms with Gasteiger partial charge in [0.1, 0.15) is 5.15 Å². The van der Waals surface area contributed by atoms with E-state index in [1.807, 2.05) is 36.1 Å². The predicted molar refractivity (Wildman–Crippen MR) is 134 cm³/mol. The molecule has 1 saturated carbocycles. The van der Waals surface area contributed by atoms with Gasteiger partial charge in [0, 0.05) is 29.2 Å². The molecule has 6 nitrogen and oxygen atoms in total. The number of rotatable bonds is 6. The van der Waals surface area contributed by atoms with Gasteiger partial charge in [0.25, 0.3) is 5.91 Å². The molecule has 182 valence electrons. The molecule has 2 bridgehead atoms. The number of ether oxygens (including phenoxy) is 1. The van der Waals surface area contributed by atoms with E-state index in [4.69, 9.17) is 27.9 Å². The summed E-state index contributed by atoms with van der Waals surface area (Å²) in [6.07, 6.45) is 5.97. The fourth-order valence-electron chi connectivity index (χ4n) is 5.82. The quantitative estimate of drug-likeness (QED) is 0.383. The summed E-state index contributed by atoms with van der Waals surface area (Å²) in [5.41, 5.74) is 2.56. The molecule has 1 aliphatic carbocycles. The lowest BCUT2D eigenvalue weighted by molar-refractivity contribution is -0.148. The third-order valence-electron chi connectivity index (χ3n) is 6.85. The van der Waals surface area contributed by atoms with Crippen LogP contribution in [0.2, 0.25) is 10.2 Å². The molecule has 2 fully saturated rings. The molecule has 1 aromatic heterocycles. The minimum absolute atomic E-state index is 0.130. The molecule has 0 radical (unpaired) electrons. The van der Waals surface area contributed by atoms with Gasteiger partial charge in [0.15, 0.2) is 6.61 Å². The average Bonchev–Trinajstić information content (AvgIpc) is 3.16. The van der Waals surface area contributed by atoms with E-state index >= 15 is 0 Å². The topological polar surface area (TPSA) is 64.4 Å². The van der Waals surface area contributed by atoms with Crippen LogP contribution in [0.3, 0.4) is 0 Å². The fourth-order valence-corrected chi connectivity index (χ4v) is 6.31. The highest BCUT2D eigenvalue weighted by Crippen LogP contribution is 2.52. The smallest absolute Gasteiger partial charge is 0.331 e. The van der Waals surface area contributed by atoms with Crippen LogP contribution >= 0.6 is 23.2 Å². The Hall–Kier alpha value is -2.31. The van der Waals surface area contributed by atoms with Crippen molar-refractivity contribution in [1.29, 1.82) is 0 Å². The highest BCUT2D eigenvalue weighted by Gasteiger charge is 2.50. The zero-order valence-corrected chi connectivity index (χ0v) is 21.6. The molecular formula is C26H31Cl2N3O3. The van der Waals surface area contributed by atoms with E-state index < -0.39 is 5.97 Å². The molecule has 34 heavy (non-hydrogen) atoms. The normalized spacial score (nSPS) is 23.5. The van der Waals surface area contributed by atoms with Crippen LogP contribution in [0.15, 0.2) is 30.3 Å². The van der Waals surface area contributed by atoms with Crippen molar-refractivity contribution >= 4 is 41.2 Å². The number of benzene rings is 1. The summed E-state index contributed by atoms with van der Waals surface area (Å²) < 4.78 is 6.90. The fraction of sp³-hybridized carbons (Fsp3) is 0.500. The van der Waals surface area contributed by atoms with Crippen LogP contribution in [-0.2, 0) is 20.9 Å². The first-order valence-corrected chi connectivity index (χ1v) is 12.3. The SMILES string of the molecule is Cc1nn(Cc2ccccc2Cl)c(Cl)c1/C=C/C(=O)OCC(=O)N1C[C@]2(C)C[C@H]1CC(C)(C)C2. The first kappa shape index (κ1) is 24.8. The van der Waals surface area contributed by atoms with Gasteiger partial charge in [-0.25, -0.2) is 9.48 Å². The molecule has 0 N–H and O–H groups in total. The maximum absolute atomic E-state index is 12.8. The molecule has 0 unspecified atom stereocenters. The van der Waals surface area contributed by atoms with Gasteiger partial charge >= 0.3 is 5.97 Å². The van der Waals surface area contributed by atoms with Crippen LogP contribution in [0.4, 0.5) is 0 Å². The Bertz CT molecular complexity index is 1140. The zero-order valence-electron chi connectivity index (χ0n) is 20.1. The number of amides is 1. The van der Waals surface area contributed by atoms with Crippen LogP contribution in [0.1, 0.15) is 56.9 Å². The Morgan fingerprint density at radius 3 is 2.68 bits per heavy atom. The number of hydrogen-bond donors (Lipinski definition) is 0. The Labute approximate surface area is 210 Å². The van der Waals surface area contributed by atoms with Gasteiger partial charge in [0.05, 0.1) is 12.2 Å². The zero-order chi connectivity index (χ0) is 24.7. The van der Waals surface area contributed by atoms with Gasteiger partial charge in [-0.3, -0.25) is 4.79 Å². The van der Waals surface area contributed by atoms with Crippen molar-refractivity contribution in [1.82, 2.24) is 14.7 Å². The Balaban J connectivity index is 1.35. The number of carbonyl (C=O) groups excluding carboxylic acids is 2.